The van der Waals surface area contributed by atoms with Gasteiger partial charge in [-0.25, -0.2) is 9.71 Å². The van der Waals surface area contributed by atoms with Crippen molar-refractivity contribution in [1.82, 2.24) is 4.98 Å². The van der Waals surface area contributed by atoms with Crippen LogP contribution >= 0.6 is 11.3 Å². The standard InChI is InChI=1S/C15H10N4O2S/c16-14-13(15-17-9-5-1-4-8-12(9)22-15)18(20)10-6-2-3-7-11(10)19(14)21/h1-8H,16H2. The van der Waals surface area contributed by atoms with Gasteiger partial charge in [0.15, 0.2) is 5.01 Å². The molecule has 0 aliphatic carbocycles. The first-order valence-corrected chi connectivity index (χ1v) is 7.37. The third-order valence-electron chi connectivity index (χ3n) is 3.48. The number of hydrogen-bond acceptors (Lipinski definition) is 5. The first-order valence-electron chi connectivity index (χ1n) is 6.56. The van der Waals surface area contributed by atoms with Crippen molar-refractivity contribution < 1.29 is 9.46 Å². The van der Waals surface area contributed by atoms with Crippen LogP contribution in [0.1, 0.15) is 0 Å². The number of nitrogens with zero attached hydrogens (tertiary/aromatic N) is 3. The average molecular weight is 310 g/mol. The summed E-state index contributed by atoms with van der Waals surface area (Å²) in [6.45, 7) is 0. The Hall–Kier alpha value is -2.93. The van der Waals surface area contributed by atoms with Crippen molar-refractivity contribution in [2.45, 2.75) is 0 Å². The third-order valence-corrected chi connectivity index (χ3v) is 4.52. The van der Waals surface area contributed by atoms with Crippen LogP contribution in [0.2, 0.25) is 0 Å². The molecule has 4 aromatic rings. The molecule has 0 radical (unpaired) electrons. The van der Waals surface area contributed by atoms with E-state index in [1.165, 1.54) is 11.3 Å². The summed E-state index contributed by atoms with van der Waals surface area (Å²) in [6, 6.07) is 14.1. The molecule has 22 heavy (non-hydrogen) atoms. The number of hydrogen-bond donors (Lipinski definition) is 1. The summed E-state index contributed by atoms with van der Waals surface area (Å²) in [5.74, 6) is -0.146. The molecule has 2 N–H and O–H groups in total. The van der Waals surface area contributed by atoms with Gasteiger partial charge in [0, 0.05) is 6.07 Å². The molecule has 0 atom stereocenters. The van der Waals surface area contributed by atoms with Gasteiger partial charge in [-0.15, -0.1) is 11.3 Å². The number of fused-ring (bicyclic) bond motifs is 2. The number of para-hydroxylation sites is 3. The van der Waals surface area contributed by atoms with E-state index in [2.05, 4.69) is 4.98 Å². The van der Waals surface area contributed by atoms with Crippen LogP contribution in [0.3, 0.4) is 0 Å². The van der Waals surface area contributed by atoms with Gasteiger partial charge in [-0.2, -0.15) is 4.73 Å². The first kappa shape index (κ1) is 12.8. The number of nitrogens with two attached hydrogens (primary N) is 1. The van der Waals surface area contributed by atoms with Gasteiger partial charge in [-0.3, -0.25) is 5.73 Å². The molecule has 0 unspecified atom stereocenters. The zero-order valence-corrected chi connectivity index (χ0v) is 12.1. The van der Waals surface area contributed by atoms with E-state index in [-0.39, 0.29) is 22.5 Å². The second-order valence-corrected chi connectivity index (χ2v) is 5.83. The van der Waals surface area contributed by atoms with E-state index >= 15 is 0 Å². The topological polar surface area (TPSA) is 92.8 Å². The minimum atomic E-state index is -0.146. The Balaban J connectivity index is 2.10. The molecule has 0 aliphatic heterocycles. The van der Waals surface area contributed by atoms with Crippen LogP contribution < -0.4 is 15.2 Å². The van der Waals surface area contributed by atoms with E-state index in [0.29, 0.717) is 14.5 Å². The highest BCUT2D eigenvalue weighted by atomic mass is 32.1. The molecule has 0 saturated carbocycles. The lowest BCUT2D eigenvalue weighted by Gasteiger charge is -2.11. The number of rotatable bonds is 1. The smallest absolute Gasteiger partial charge is 0.354 e. The lowest BCUT2D eigenvalue weighted by molar-refractivity contribution is -0.609. The van der Waals surface area contributed by atoms with Crippen molar-refractivity contribution in [3.05, 3.63) is 58.9 Å². The first-order chi connectivity index (χ1) is 10.7. The molecular formula is C15H10N4O2S. The summed E-state index contributed by atoms with van der Waals surface area (Å²) in [4.78, 5) is 4.42. The summed E-state index contributed by atoms with van der Waals surface area (Å²) < 4.78 is 2.18. The van der Waals surface area contributed by atoms with Gasteiger partial charge in [0.2, 0.25) is 5.52 Å². The highest BCUT2D eigenvalue weighted by molar-refractivity contribution is 7.21. The van der Waals surface area contributed by atoms with Crippen molar-refractivity contribution in [3.63, 3.8) is 0 Å². The summed E-state index contributed by atoms with van der Waals surface area (Å²) in [5, 5.41) is 25.4. The third kappa shape index (κ3) is 1.69. The molecule has 6 nitrogen and oxygen atoms in total. The number of benzene rings is 2. The SMILES string of the molecule is Nc1c(-c2nc3ccccc3s2)[n+]([O-])c2ccccc2[n+]1[O-]. The molecule has 2 aromatic heterocycles. The summed E-state index contributed by atoms with van der Waals surface area (Å²) in [6.07, 6.45) is 0. The van der Waals surface area contributed by atoms with E-state index in [4.69, 9.17) is 5.73 Å². The molecule has 0 spiro atoms. The Morgan fingerprint density at radius 3 is 2.27 bits per heavy atom. The lowest BCUT2D eigenvalue weighted by atomic mass is 10.3. The fourth-order valence-corrected chi connectivity index (χ4v) is 3.43. The van der Waals surface area contributed by atoms with E-state index < -0.39 is 0 Å². The normalized spacial score (nSPS) is 11.3. The Morgan fingerprint density at radius 2 is 1.55 bits per heavy atom. The monoisotopic (exact) mass is 310 g/mol. The van der Waals surface area contributed by atoms with Crippen LogP contribution in [0.5, 0.6) is 0 Å². The molecule has 0 saturated heterocycles. The zero-order chi connectivity index (χ0) is 15.3. The fraction of sp³-hybridized carbons (Fsp3) is 0. The minimum Gasteiger partial charge on any atom is -0.710 e. The predicted octanol–water partition coefficient (Wildman–Crippen LogP) is 1.97. The number of thiazole rings is 1. The molecule has 0 aliphatic rings. The Bertz CT molecular complexity index is 996. The molecule has 4 rings (SSSR count). The molecular weight excluding hydrogens is 300 g/mol. The number of aromatic nitrogens is 3. The van der Waals surface area contributed by atoms with Crippen LogP contribution in [0.25, 0.3) is 32.0 Å². The van der Waals surface area contributed by atoms with E-state index in [1.807, 2.05) is 24.3 Å². The van der Waals surface area contributed by atoms with Gasteiger partial charge in [-0.1, -0.05) is 24.3 Å². The van der Waals surface area contributed by atoms with Crippen molar-refractivity contribution in [3.8, 4) is 10.7 Å². The second kappa shape index (κ2) is 4.54. The molecule has 0 amide bonds. The van der Waals surface area contributed by atoms with Crippen molar-refractivity contribution in [2.75, 3.05) is 5.73 Å². The highest BCUT2D eigenvalue weighted by Crippen LogP contribution is 2.30. The minimum absolute atomic E-state index is 0.0925. The van der Waals surface area contributed by atoms with Crippen LogP contribution in [-0.4, -0.2) is 4.98 Å². The summed E-state index contributed by atoms with van der Waals surface area (Å²) in [7, 11) is 0. The zero-order valence-electron chi connectivity index (χ0n) is 11.3. The van der Waals surface area contributed by atoms with Gasteiger partial charge in [-0.05, 0) is 18.2 Å². The van der Waals surface area contributed by atoms with Gasteiger partial charge >= 0.3 is 11.5 Å². The molecule has 0 bridgehead atoms. The van der Waals surface area contributed by atoms with E-state index in [0.717, 1.165) is 10.2 Å². The van der Waals surface area contributed by atoms with Gasteiger partial charge < -0.3 is 10.4 Å². The van der Waals surface area contributed by atoms with Crippen LogP contribution in [0.15, 0.2) is 48.5 Å². The molecule has 7 heteroatoms. The maximum atomic E-state index is 12.6. The number of nitrogen functional groups attached to an aromatic ring is 1. The van der Waals surface area contributed by atoms with Gasteiger partial charge in [0.05, 0.1) is 10.2 Å². The molecule has 0 fully saturated rings. The maximum absolute atomic E-state index is 12.6. The quantitative estimate of drug-likeness (QED) is 0.429. The highest BCUT2D eigenvalue weighted by Gasteiger charge is 2.28. The largest absolute Gasteiger partial charge is 0.710 e. The lowest BCUT2D eigenvalue weighted by Crippen LogP contribution is -2.42. The van der Waals surface area contributed by atoms with Crippen molar-refractivity contribution >= 4 is 38.4 Å². The Kier molecular flexibility index (Phi) is 2.64. The Morgan fingerprint density at radius 1 is 0.909 bits per heavy atom. The van der Waals surface area contributed by atoms with E-state index in [9.17, 15) is 10.4 Å². The van der Waals surface area contributed by atoms with Crippen LogP contribution in [-0.2, 0) is 0 Å². The molecule has 2 heterocycles. The summed E-state index contributed by atoms with van der Waals surface area (Å²) >= 11 is 1.33. The fourth-order valence-electron chi connectivity index (χ4n) is 2.43. The maximum Gasteiger partial charge on any atom is 0.354 e. The van der Waals surface area contributed by atoms with Gasteiger partial charge in [0.25, 0.3) is 5.52 Å². The second-order valence-electron chi connectivity index (χ2n) is 4.80. The molecule has 108 valence electrons. The van der Waals surface area contributed by atoms with Crippen molar-refractivity contribution in [1.29, 1.82) is 0 Å². The molecule has 2 aromatic carbocycles. The van der Waals surface area contributed by atoms with Crippen molar-refractivity contribution in [2.24, 2.45) is 0 Å². The predicted molar refractivity (Wildman–Crippen MR) is 84.9 cm³/mol. The van der Waals surface area contributed by atoms with Gasteiger partial charge in [0.1, 0.15) is 0 Å². The Labute approximate surface area is 128 Å². The average Bonchev–Trinajstić information content (AvgIpc) is 2.96. The van der Waals surface area contributed by atoms with Crippen LogP contribution in [0.4, 0.5) is 5.82 Å². The van der Waals surface area contributed by atoms with E-state index in [1.54, 1.807) is 24.3 Å². The number of anilines is 1. The summed E-state index contributed by atoms with van der Waals surface area (Å²) in [5.41, 5.74) is 7.26. The van der Waals surface area contributed by atoms with Crippen LogP contribution in [0, 0.1) is 10.4 Å².